The molecule has 2 N–H and O–H groups in total. The van der Waals surface area contributed by atoms with Crippen molar-refractivity contribution in [2.24, 2.45) is 0 Å². The minimum absolute atomic E-state index is 0.171. The van der Waals surface area contributed by atoms with E-state index in [9.17, 15) is 4.79 Å². The van der Waals surface area contributed by atoms with Crippen LogP contribution in [0.1, 0.15) is 5.56 Å². The molecule has 0 aliphatic carbocycles. The smallest absolute Gasteiger partial charge is 0.244 e. The van der Waals surface area contributed by atoms with Gasteiger partial charge in [-0.15, -0.1) is 0 Å². The molecular formula is C20H19N5O3. The first kappa shape index (κ1) is 17.6. The van der Waals surface area contributed by atoms with E-state index in [1.807, 2.05) is 53.4 Å². The van der Waals surface area contributed by atoms with Crippen LogP contribution in [0.5, 0.6) is 11.5 Å². The van der Waals surface area contributed by atoms with Crippen LogP contribution in [-0.2, 0) is 4.79 Å². The summed E-state index contributed by atoms with van der Waals surface area (Å²) in [5.41, 5.74) is 0.871. The van der Waals surface area contributed by atoms with E-state index in [0.29, 0.717) is 24.7 Å². The largest absolute Gasteiger partial charge is 0.454 e. The third kappa shape index (κ3) is 4.29. The van der Waals surface area contributed by atoms with Gasteiger partial charge in [0.25, 0.3) is 0 Å². The molecule has 0 radical (unpaired) electrons. The molecule has 1 aliphatic heterocycles. The molecule has 1 amide bonds. The number of ether oxygens (including phenoxy) is 2. The molecule has 3 heterocycles. The number of nitrogens with zero attached hydrogens (tertiary/aromatic N) is 3. The molecule has 0 bridgehead atoms. The van der Waals surface area contributed by atoms with Crippen molar-refractivity contribution in [1.29, 1.82) is 0 Å². The minimum Gasteiger partial charge on any atom is -0.454 e. The number of amides is 1. The molecule has 1 aromatic carbocycles. The van der Waals surface area contributed by atoms with Crippen molar-refractivity contribution >= 4 is 17.8 Å². The lowest BCUT2D eigenvalue weighted by Gasteiger charge is -2.08. The van der Waals surface area contributed by atoms with Gasteiger partial charge in [0, 0.05) is 37.6 Å². The van der Waals surface area contributed by atoms with Crippen molar-refractivity contribution in [2.45, 2.75) is 0 Å². The first-order valence-corrected chi connectivity index (χ1v) is 8.83. The Morgan fingerprint density at radius 1 is 1.11 bits per heavy atom. The average molecular weight is 377 g/mol. The molecule has 0 spiro atoms. The van der Waals surface area contributed by atoms with Crippen LogP contribution in [0.2, 0.25) is 0 Å². The zero-order chi connectivity index (χ0) is 19.2. The van der Waals surface area contributed by atoms with Gasteiger partial charge in [0.05, 0.1) is 0 Å². The molecule has 3 aromatic rings. The zero-order valence-electron chi connectivity index (χ0n) is 15.0. The molecule has 4 rings (SSSR count). The van der Waals surface area contributed by atoms with Gasteiger partial charge < -0.3 is 24.7 Å². The lowest BCUT2D eigenvalue weighted by molar-refractivity contribution is -0.116. The fourth-order valence-electron chi connectivity index (χ4n) is 2.70. The second kappa shape index (κ2) is 8.26. The second-order valence-electron chi connectivity index (χ2n) is 6.02. The van der Waals surface area contributed by atoms with Gasteiger partial charge >= 0.3 is 0 Å². The Balaban J connectivity index is 1.23. The number of rotatable bonds is 7. The fourth-order valence-corrected chi connectivity index (χ4v) is 2.70. The summed E-state index contributed by atoms with van der Waals surface area (Å²) < 4.78 is 12.5. The molecule has 0 unspecified atom stereocenters. The van der Waals surface area contributed by atoms with E-state index in [2.05, 4.69) is 20.6 Å². The van der Waals surface area contributed by atoms with Crippen LogP contribution in [0.3, 0.4) is 0 Å². The fraction of sp³-hybridized carbons (Fsp3) is 0.150. The van der Waals surface area contributed by atoms with Gasteiger partial charge in [0.15, 0.2) is 11.5 Å². The van der Waals surface area contributed by atoms with Crippen molar-refractivity contribution in [3.05, 3.63) is 66.8 Å². The summed E-state index contributed by atoms with van der Waals surface area (Å²) in [5.74, 6) is 2.71. The molecule has 0 saturated carbocycles. The predicted molar refractivity (Wildman–Crippen MR) is 104 cm³/mol. The summed E-state index contributed by atoms with van der Waals surface area (Å²) in [6, 6.07) is 11.2. The predicted octanol–water partition coefficient (Wildman–Crippen LogP) is 2.24. The van der Waals surface area contributed by atoms with Crippen LogP contribution in [0.15, 0.2) is 61.2 Å². The lowest BCUT2D eigenvalue weighted by Crippen LogP contribution is -2.27. The lowest BCUT2D eigenvalue weighted by atomic mass is 10.2. The highest BCUT2D eigenvalue weighted by Gasteiger charge is 2.12. The molecule has 1 aliphatic rings. The van der Waals surface area contributed by atoms with E-state index in [1.54, 1.807) is 6.08 Å². The van der Waals surface area contributed by atoms with Crippen molar-refractivity contribution in [3.63, 3.8) is 0 Å². The van der Waals surface area contributed by atoms with Crippen LogP contribution in [0.25, 0.3) is 11.9 Å². The Hall–Kier alpha value is -3.81. The Bertz CT molecular complexity index is 985. The third-order valence-corrected chi connectivity index (χ3v) is 4.08. The maximum absolute atomic E-state index is 12.0. The normalized spacial score (nSPS) is 12.3. The first-order valence-electron chi connectivity index (χ1n) is 8.83. The van der Waals surface area contributed by atoms with E-state index in [0.717, 1.165) is 17.1 Å². The Kier molecular flexibility index (Phi) is 5.19. The van der Waals surface area contributed by atoms with Crippen molar-refractivity contribution in [1.82, 2.24) is 19.9 Å². The molecule has 0 fully saturated rings. The summed E-state index contributed by atoms with van der Waals surface area (Å²) in [4.78, 5) is 20.4. The minimum atomic E-state index is -0.171. The number of hydrogen-bond acceptors (Lipinski definition) is 6. The number of benzene rings is 1. The molecule has 142 valence electrons. The number of aromatic nitrogens is 3. The zero-order valence-corrected chi connectivity index (χ0v) is 15.0. The van der Waals surface area contributed by atoms with Gasteiger partial charge in [-0.25, -0.2) is 9.97 Å². The van der Waals surface area contributed by atoms with Crippen molar-refractivity contribution < 1.29 is 14.3 Å². The van der Waals surface area contributed by atoms with Gasteiger partial charge in [0.1, 0.15) is 18.0 Å². The van der Waals surface area contributed by atoms with Crippen LogP contribution >= 0.6 is 0 Å². The standard InChI is InChI=1S/C20H19N5O3/c26-20(6-4-15-3-5-16-17(11-15)28-14-27-16)22-8-7-21-18-12-19(24-13-23-18)25-9-1-2-10-25/h1-6,9-13H,7-8,14H2,(H,22,26)(H,21,23,24)/b6-4+. The number of carbonyl (C=O) groups excluding carboxylic acids is 1. The number of anilines is 1. The summed E-state index contributed by atoms with van der Waals surface area (Å²) in [6.45, 7) is 1.24. The van der Waals surface area contributed by atoms with Crippen molar-refractivity contribution in [2.75, 3.05) is 25.2 Å². The molecular weight excluding hydrogens is 358 g/mol. The average Bonchev–Trinajstić information content (AvgIpc) is 3.41. The Morgan fingerprint density at radius 2 is 1.96 bits per heavy atom. The van der Waals surface area contributed by atoms with Gasteiger partial charge in [0.2, 0.25) is 12.7 Å². The van der Waals surface area contributed by atoms with E-state index in [4.69, 9.17) is 9.47 Å². The molecule has 0 saturated heterocycles. The van der Waals surface area contributed by atoms with Gasteiger partial charge in [-0.05, 0) is 35.9 Å². The van der Waals surface area contributed by atoms with Gasteiger partial charge in [-0.2, -0.15) is 0 Å². The number of fused-ring (bicyclic) bond motifs is 1. The number of carbonyl (C=O) groups is 1. The number of nitrogens with one attached hydrogen (secondary N) is 2. The van der Waals surface area contributed by atoms with Gasteiger partial charge in [-0.3, -0.25) is 4.79 Å². The van der Waals surface area contributed by atoms with Crippen LogP contribution in [-0.4, -0.2) is 40.3 Å². The first-order chi connectivity index (χ1) is 13.8. The van der Waals surface area contributed by atoms with E-state index >= 15 is 0 Å². The highest BCUT2D eigenvalue weighted by Crippen LogP contribution is 2.32. The van der Waals surface area contributed by atoms with Crippen LogP contribution in [0, 0.1) is 0 Å². The maximum Gasteiger partial charge on any atom is 0.244 e. The quantitative estimate of drug-likeness (QED) is 0.485. The summed E-state index contributed by atoms with van der Waals surface area (Å²) in [6.07, 6.45) is 8.56. The van der Waals surface area contributed by atoms with Crippen LogP contribution in [0.4, 0.5) is 5.82 Å². The summed E-state index contributed by atoms with van der Waals surface area (Å²) in [7, 11) is 0. The van der Waals surface area contributed by atoms with Crippen molar-refractivity contribution in [3.8, 4) is 17.3 Å². The highest BCUT2D eigenvalue weighted by molar-refractivity contribution is 5.91. The van der Waals surface area contributed by atoms with E-state index < -0.39 is 0 Å². The Labute approximate surface area is 161 Å². The molecule has 0 atom stereocenters. The summed E-state index contributed by atoms with van der Waals surface area (Å²) >= 11 is 0. The highest BCUT2D eigenvalue weighted by atomic mass is 16.7. The summed E-state index contributed by atoms with van der Waals surface area (Å²) in [5, 5.41) is 6.00. The van der Waals surface area contributed by atoms with Gasteiger partial charge in [-0.1, -0.05) is 6.07 Å². The number of hydrogen-bond donors (Lipinski definition) is 2. The molecule has 8 nitrogen and oxygen atoms in total. The maximum atomic E-state index is 12.0. The molecule has 28 heavy (non-hydrogen) atoms. The van der Waals surface area contributed by atoms with E-state index in [1.165, 1.54) is 12.4 Å². The monoisotopic (exact) mass is 377 g/mol. The third-order valence-electron chi connectivity index (χ3n) is 4.08. The molecule has 2 aromatic heterocycles. The SMILES string of the molecule is O=C(/C=C/c1ccc2c(c1)OCO2)NCCNc1cc(-n2cccc2)ncn1. The van der Waals surface area contributed by atoms with Crippen LogP contribution < -0.4 is 20.1 Å². The topological polar surface area (TPSA) is 90.3 Å². The Morgan fingerprint density at radius 3 is 2.86 bits per heavy atom. The molecule has 8 heteroatoms. The van der Waals surface area contributed by atoms with E-state index in [-0.39, 0.29) is 12.7 Å². The second-order valence-corrected chi connectivity index (χ2v) is 6.02.